The topological polar surface area (TPSA) is 6.48 Å². The highest BCUT2D eigenvalue weighted by atomic mass is 15.1. The fourth-order valence-corrected chi connectivity index (χ4v) is 11.4. The van der Waals surface area contributed by atoms with E-state index in [1.165, 1.54) is 66.8 Å². The molecular formula is C73H52N2. The minimum absolute atomic E-state index is 0.494. The van der Waals surface area contributed by atoms with Gasteiger partial charge >= 0.3 is 0 Å². The summed E-state index contributed by atoms with van der Waals surface area (Å²) in [7, 11) is 0. The van der Waals surface area contributed by atoms with Gasteiger partial charge in [-0.25, -0.2) is 0 Å². The van der Waals surface area contributed by atoms with Crippen LogP contribution in [0, 0.1) is 0 Å². The van der Waals surface area contributed by atoms with E-state index >= 15 is 0 Å². The Kier molecular flexibility index (Phi) is 11.8. The maximum Gasteiger partial charge on any atom is 0.0714 e. The summed E-state index contributed by atoms with van der Waals surface area (Å²) in [5, 5.41) is 0. The Balaban J connectivity index is 0.827. The van der Waals surface area contributed by atoms with E-state index in [-0.39, 0.29) is 0 Å². The number of fused-ring (bicyclic) bond motifs is 3. The molecule has 2 nitrogen and oxygen atoms in total. The third-order valence-corrected chi connectivity index (χ3v) is 15.0. The van der Waals surface area contributed by atoms with Gasteiger partial charge < -0.3 is 9.80 Å². The van der Waals surface area contributed by atoms with Crippen molar-refractivity contribution in [2.75, 3.05) is 9.80 Å². The summed E-state index contributed by atoms with van der Waals surface area (Å²) in [5.41, 5.74) is 23.2. The van der Waals surface area contributed by atoms with Crippen LogP contribution in [0.15, 0.2) is 315 Å². The van der Waals surface area contributed by atoms with Crippen molar-refractivity contribution in [3.63, 3.8) is 0 Å². The smallest absolute Gasteiger partial charge is 0.0714 e. The Hall–Kier alpha value is -9.76. The number of benzene rings is 12. The van der Waals surface area contributed by atoms with Crippen LogP contribution in [0.5, 0.6) is 0 Å². The monoisotopic (exact) mass is 956 g/mol. The maximum absolute atomic E-state index is 2.44. The molecule has 12 aromatic carbocycles. The van der Waals surface area contributed by atoms with Crippen LogP contribution < -0.4 is 9.80 Å². The summed E-state index contributed by atoms with van der Waals surface area (Å²) in [4.78, 5) is 4.74. The highest BCUT2D eigenvalue weighted by Crippen LogP contribution is 2.57. The van der Waals surface area contributed by atoms with Crippen molar-refractivity contribution in [3.05, 3.63) is 338 Å². The highest BCUT2D eigenvalue weighted by Gasteiger charge is 2.46. The average Bonchev–Trinajstić information content (AvgIpc) is 3.82. The van der Waals surface area contributed by atoms with Crippen LogP contribution in [0.3, 0.4) is 0 Å². The van der Waals surface area contributed by atoms with E-state index in [4.69, 9.17) is 0 Å². The summed E-state index contributed by atoms with van der Waals surface area (Å²) in [6.07, 6.45) is 0. The van der Waals surface area contributed by atoms with E-state index in [1.807, 2.05) is 0 Å². The van der Waals surface area contributed by atoms with Gasteiger partial charge in [0.05, 0.1) is 5.41 Å². The molecule has 12 aromatic rings. The number of rotatable bonds is 12. The van der Waals surface area contributed by atoms with Gasteiger partial charge in [-0.05, 0) is 157 Å². The molecule has 0 saturated heterocycles. The van der Waals surface area contributed by atoms with Crippen molar-refractivity contribution < 1.29 is 0 Å². The minimum Gasteiger partial charge on any atom is -0.311 e. The average molecular weight is 957 g/mol. The summed E-state index contributed by atoms with van der Waals surface area (Å²) < 4.78 is 0. The van der Waals surface area contributed by atoms with Gasteiger partial charge in [0.1, 0.15) is 0 Å². The van der Waals surface area contributed by atoms with Gasteiger partial charge in [0.15, 0.2) is 0 Å². The van der Waals surface area contributed by atoms with Gasteiger partial charge in [-0.15, -0.1) is 0 Å². The molecule has 0 radical (unpaired) electrons. The van der Waals surface area contributed by atoms with Gasteiger partial charge in [0, 0.05) is 34.1 Å². The van der Waals surface area contributed by atoms with Crippen LogP contribution in [0.1, 0.15) is 22.3 Å². The molecule has 1 aliphatic carbocycles. The normalized spacial score (nSPS) is 12.1. The summed E-state index contributed by atoms with van der Waals surface area (Å²) in [6, 6.07) is 115. The molecular weight excluding hydrogens is 905 g/mol. The first-order valence-electron chi connectivity index (χ1n) is 25.8. The van der Waals surface area contributed by atoms with Crippen molar-refractivity contribution >= 4 is 34.1 Å². The molecule has 0 atom stereocenters. The molecule has 0 N–H and O–H groups in total. The Morgan fingerprint density at radius 2 is 0.493 bits per heavy atom. The molecule has 0 aromatic heterocycles. The lowest BCUT2D eigenvalue weighted by molar-refractivity contribution is 0.768. The standard InChI is InChI=1S/C73H52N2/c1-6-19-53(20-7-1)55-33-41-64(42-34-55)74(65-43-35-56(36-44-65)54-21-8-2-9-22-54)66-45-37-57(38-46-66)59-23-18-24-60(51-59)58-39-47-67(48-40-58)75(63-29-14-5-15-30-63)68-49-50-70-69-31-16-17-32-71(69)73(72(70)52-68,61-25-10-3-11-26-61)62-27-12-4-13-28-62/h1-52H. The van der Waals surface area contributed by atoms with Gasteiger partial charge in [-0.1, -0.05) is 237 Å². The second kappa shape index (κ2) is 19.7. The molecule has 0 spiro atoms. The van der Waals surface area contributed by atoms with Gasteiger partial charge in [0.2, 0.25) is 0 Å². The van der Waals surface area contributed by atoms with E-state index in [1.54, 1.807) is 0 Å². The van der Waals surface area contributed by atoms with Crippen molar-refractivity contribution in [1.82, 2.24) is 0 Å². The molecule has 0 heterocycles. The lowest BCUT2D eigenvalue weighted by Gasteiger charge is -2.35. The van der Waals surface area contributed by atoms with Crippen molar-refractivity contribution in [1.29, 1.82) is 0 Å². The van der Waals surface area contributed by atoms with Crippen LogP contribution in [0.2, 0.25) is 0 Å². The second-order valence-electron chi connectivity index (χ2n) is 19.3. The van der Waals surface area contributed by atoms with Crippen LogP contribution in [-0.4, -0.2) is 0 Å². The van der Waals surface area contributed by atoms with E-state index < -0.39 is 5.41 Å². The third kappa shape index (κ3) is 8.39. The van der Waals surface area contributed by atoms with Gasteiger partial charge in [-0.2, -0.15) is 0 Å². The SMILES string of the molecule is c1ccc(-c2ccc(N(c3ccc(-c4ccccc4)cc3)c3ccc(-c4cccc(-c5ccc(N(c6ccccc6)c6ccc7c(c6)C(c6ccccc6)(c6ccccc6)c6ccccc6-7)cc5)c4)cc3)cc2)cc1. The van der Waals surface area contributed by atoms with Crippen LogP contribution in [-0.2, 0) is 5.41 Å². The summed E-state index contributed by atoms with van der Waals surface area (Å²) >= 11 is 0. The highest BCUT2D eigenvalue weighted by molar-refractivity contribution is 5.90. The van der Waals surface area contributed by atoms with Crippen molar-refractivity contribution in [2.45, 2.75) is 5.41 Å². The number of para-hydroxylation sites is 1. The molecule has 0 saturated carbocycles. The number of anilines is 6. The first-order valence-corrected chi connectivity index (χ1v) is 25.8. The van der Waals surface area contributed by atoms with Gasteiger partial charge in [0.25, 0.3) is 0 Å². The molecule has 0 aliphatic heterocycles. The quantitative estimate of drug-likeness (QED) is 0.120. The lowest BCUT2D eigenvalue weighted by atomic mass is 9.67. The largest absolute Gasteiger partial charge is 0.311 e. The van der Waals surface area contributed by atoms with E-state index in [2.05, 4.69) is 325 Å². The minimum atomic E-state index is -0.494. The molecule has 75 heavy (non-hydrogen) atoms. The molecule has 2 heteroatoms. The Morgan fingerprint density at radius 1 is 0.187 bits per heavy atom. The lowest BCUT2D eigenvalue weighted by Crippen LogP contribution is -2.28. The fraction of sp³-hybridized carbons (Fsp3) is 0.0137. The van der Waals surface area contributed by atoms with Gasteiger partial charge in [-0.3, -0.25) is 0 Å². The second-order valence-corrected chi connectivity index (χ2v) is 19.3. The molecule has 0 amide bonds. The molecule has 13 rings (SSSR count). The van der Waals surface area contributed by atoms with Crippen molar-refractivity contribution in [3.8, 4) is 55.6 Å². The first-order chi connectivity index (χ1) is 37.2. The van der Waals surface area contributed by atoms with Crippen LogP contribution in [0.25, 0.3) is 55.6 Å². The summed E-state index contributed by atoms with van der Waals surface area (Å²) in [5.74, 6) is 0. The predicted molar refractivity (Wildman–Crippen MR) is 315 cm³/mol. The Morgan fingerprint density at radius 3 is 0.947 bits per heavy atom. The zero-order valence-corrected chi connectivity index (χ0v) is 41.4. The van der Waals surface area contributed by atoms with E-state index in [0.29, 0.717) is 0 Å². The molecule has 0 bridgehead atoms. The van der Waals surface area contributed by atoms with E-state index in [9.17, 15) is 0 Å². The van der Waals surface area contributed by atoms with Crippen LogP contribution >= 0.6 is 0 Å². The van der Waals surface area contributed by atoms with Crippen LogP contribution in [0.4, 0.5) is 34.1 Å². The molecule has 1 aliphatic rings. The molecule has 0 fully saturated rings. The fourth-order valence-electron chi connectivity index (χ4n) is 11.4. The zero-order chi connectivity index (χ0) is 50.0. The van der Waals surface area contributed by atoms with Crippen molar-refractivity contribution in [2.24, 2.45) is 0 Å². The Labute approximate surface area is 440 Å². The number of nitrogens with zero attached hydrogens (tertiary/aromatic N) is 2. The molecule has 0 unspecified atom stereocenters. The Bertz CT molecular complexity index is 3750. The zero-order valence-electron chi connectivity index (χ0n) is 41.4. The van der Waals surface area contributed by atoms with E-state index in [0.717, 1.165) is 45.3 Å². The maximum atomic E-state index is 2.44. The third-order valence-electron chi connectivity index (χ3n) is 15.0. The predicted octanol–water partition coefficient (Wildman–Crippen LogP) is 19.7. The first kappa shape index (κ1) is 45.1. The summed E-state index contributed by atoms with van der Waals surface area (Å²) in [6.45, 7) is 0. The number of hydrogen-bond acceptors (Lipinski definition) is 2. The number of hydrogen-bond donors (Lipinski definition) is 0. The molecule has 354 valence electrons.